The molecule has 0 aromatic carbocycles. The third-order valence-corrected chi connectivity index (χ3v) is 11.3. The molecule has 0 aliphatic carbocycles. The van der Waals surface area contributed by atoms with E-state index in [0.29, 0.717) is 19.3 Å². The first-order chi connectivity index (χ1) is 30.0. The van der Waals surface area contributed by atoms with E-state index in [1.54, 1.807) is 0 Å². The molecule has 0 fully saturated rings. The number of aliphatic hydroxyl groups is 2. The van der Waals surface area contributed by atoms with Crippen molar-refractivity contribution in [1.29, 1.82) is 0 Å². The molecule has 0 aromatic heterocycles. The molecule has 0 bridgehead atoms. The van der Waals surface area contributed by atoms with Gasteiger partial charge in [0.05, 0.1) is 25.2 Å². The second kappa shape index (κ2) is 48.3. The van der Waals surface area contributed by atoms with Crippen molar-refractivity contribution in [3.05, 3.63) is 72.9 Å². The molecule has 3 atom stereocenters. The number of allylic oxidation sites excluding steroid dienone is 12. The molecule has 0 radical (unpaired) electrons. The number of unbranched alkanes of at least 4 members (excludes halogenated alkanes) is 21. The number of carbonyl (C=O) groups is 2. The van der Waals surface area contributed by atoms with Crippen LogP contribution in [0.15, 0.2) is 72.9 Å². The van der Waals surface area contributed by atoms with Crippen LogP contribution in [0.1, 0.15) is 239 Å². The normalized spacial score (nSPS) is 13.9. The fraction of sp³-hybridized carbons (Fsp3) is 0.745. The van der Waals surface area contributed by atoms with E-state index in [-0.39, 0.29) is 24.9 Å². The molecule has 0 rings (SSSR count). The van der Waals surface area contributed by atoms with Crippen LogP contribution in [-0.2, 0) is 14.3 Å². The van der Waals surface area contributed by atoms with Gasteiger partial charge in [-0.2, -0.15) is 0 Å². The number of aliphatic hydroxyl groups excluding tert-OH is 2. The Morgan fingerprint density at radius 2 is 0.902 bits per heavy atom. The average molecular weight is 852 g/mol. The molecule has 0 aliphatic heterocycles. The summed E-state index contributed by atoms with van der Waals surface area (Å²) in [4.78, 5) is 26.1. The van der Waals surface area contributed by atoms with Crippen LogP contribution in [0, 0.1) is 0 Å². The van der Waals surface area contributed by atoms with Crippen LogP contribution in [0.4, 0.5) is 0 Å². The van der Waals surface area contributed by atoms with Crippen LogP contribution < -0.4 is 5.32 Å². The second-order valence-corrected chi connectivity index (χ2v) is 17.2. The van der Waals surface area contributed by atoms with Crippen LogP contribution in [0.25, 0.3) is 0 Å². The van der Waals surface area contributed by atoms with E-state index in [4.69, 9.17) is 4.74 Å². The molecule has 0 saturated carbocycles. The number of amides is 1. The van der Waals surface area contributed by atoms with E-state index < -0.39 is 18.2 Å². The Balaban J connectivity index is 4.74. The molecule has 0 heterocycles. The average Bonchev–Trinajstić information content (AvgIpc) is 3.25. The minimum absolute atomic E-state index is 0.0304. The summed E-state index contributed by atoms with van der Waals surface area (Å²) in [6, 6.07) is -0.724. The van der Waals surface area contributed by atoms with E-state index in [1.807, 2.05) is 0 Å². The van der Waals surface area contributed by atoms with E-state index >= 15 is 0 Å². The number of ether oxygens (including phenoxy) is 1. The van der Waals surface area contributed by atoms with Gasteiger partial charge in [0.2, 0.25) is 5.91 Å². The first-order valence-corrected chi connectivity index (χ1v) is 25.7. The van der Waals surface area contributed by atoms with E-state index in [2.05, 4.69) is 99.0 Å². The molecule has 0 spiro atoms. The number of hydrogen-bond donors (Lipinski definition) is 3. The highest BCUT2D eigenvalue weighted by atomic mass is 16.5. The minimum atomic E-state index is -0.806. The van der Waals surface area contributed by atoms with E-state index in [0.717, 1.165) is 96.3 Å². The standard InChI is InChI=1S/C55H97NO5/c1-4-7-10-13-16-19-22-24-26-27-28-29-32-34-37-40-43-46-51(61-55(60)48-45-42-39-36-33-30-25-23-20-17-14-11-8-5-2)49-54(59)56-52(50-57)53(58)47-44-41-38-35-31-21-18-15-12-9-6-3/h7,10,16,19,24,26,28-30,33-34,37,51-53,57-58H,4-6,8-9,11-15,17-18,20-23,25,27,31-32,35-36,38-50H2,1-3H3,(H,56,59)/b10-7-,19-16-,26-24-,29-28-,33-30-,37-34-. The number of carbonyl (C=O) groups excluding carboxylic acids is 2. The van der Waals surface area contributed by atoms with Gasteiger partial charge in [-0.05, 0) is 89.9 Å². The molecular formula is C55H97NO5. The Hall–Kier alpha value is -2.70. The predicted molar refractivity (Wildman–Crippen MR) is 264 cm³/mol. The van der Waals surface area contributed by atoms with Crippen LogP contribution in [0.3, 0.4) is 0 Å². The largest absolute Gasteiger partial charge is 0.462 e. The summed E-state index contributed by atoms with van der Waals surface area (Å²) in [6.07, 6.45) is 61.1. The van der Waals surface area contributed by atoms with Crippen LogP contribution in [-0.4, -0.2) is 46.9 Å². The lowest BCUT2D eigenvalue weighted by Gasteiger charge is -2.24. The molecular weight excluding hydrogens is 755 g/mol. The lowest BCUT2D eigenvalue weighted by molar-refractivity contribution is -0.151. The molecule has 3 unspecified atom stereocenters. The second-order valence-electron chi connectivity index (χ2n) is 17.2. The van der Waals surface area contributed by atoms with Crippen molar-refractivity contribution in [2.75, 3.05) is 6.61 Å². The quantitative estimate of drug-likeness (QED) is 0.0322. The Kier molecular flexibility index (Phi) is 46.2. The molecule has 0 aliphatic rings. The summed E-state index contributed by atoms with van der Waals surface area (Å²) in [6.45, 7) is 6.33. The molecule has 0 saturated heterocycles. The highest BCUT2D eigenvalue weighted by Gasteiger charge is 2.24. The van der Waals surface area contributed by atoms with Crippen LogP contribution in [0.5, 0.6) is 0 Å². The maximum Gasteiger partial charge on any atom is 0.306 e. The third-order valence-electron chi connectivity index (χ3n) is 11.3. The lowest BCUT2D eigenvalue weighted by Crippen LogP contribution is -2.46. The Morgan fingerprint density at radius 3 is 1.39 bits per heavy atom. The smallest absolute Gasteiger partial charge is 0.306 e. The van der Waals surface area contributed by atoms with Gasteiger partial charge < -0.3 is 20.3 Å². The Labute approximate surface area is 377 Å². The number of hydrogen-bond acceptors (Lipinski definition) is 5. The first kappa shape index (κ1) is 58.3. The minimum Gasteiger partial charge on any atom is -0.462 e. The molecule has 6 heteroatoms. The first-order valence-electron chi connectivity index (χ1n) is 25.7. The molecule has 0 aromatic rings. The Morgan fingerprint density at radius 1 is 0.492 bits per heavy atom. The number of nitrogens with one attached hydrogen (secondary N) is 1. The monoisotopic (exact) mass is 852 g/mol. The highest BCUT2D eigenvalue weighted by Crippen LogP contribution is 2.16. The summed E-state index contributed by atoms with van der Waals surface area (Å²) in [5, 5.41) is 23.7. The number of esters is 1. The SMILES string of the molecule is CC/C=C\C/C=C\C/C=C\C/C=C\C/C=C\CCCC(CC(=O)NC(CO)C(O)CCCCCCCCCCCCC)OC(=O)CCCCC/C=C\CCCCCCCCC. The predicted octanol–water partition coefficient (Wildman–Crippen LogP) is 15.4. The topological polar surface area (TPSA) is 95.9 Å². The van der Waals surface area contributed by atoms with Crippen molar-refractivity contribution in [2.24, 2.45) is 0 Å². The van der Waals surface area contributed by atoms with Gasteiger partial charge in [-0.3, -0.25) is 9.59 Å². The summed E-state index contributed by atoms with van der Waals surface area (Å²) in [5.41, 5.74) is 0. The van der Waals surface area contributed by atoms with Gasteiger partial charge in [-0.25, -0.2) is 0 Å². The lowest BCUT2D eigenvalue weighted by atomic mass is 10.0. The summed E-state index contributed by atoms with van der Waals surface area (Å²) >= 11 is 0. The van der Waals surface area contributed by atoms with Gasteiger partial charge in [-0.15, -0.1) is 0 Å². The molecule has 61 heavy (non-hydrogen) atoms. The van der Waals surface area contributed by atoms with Gasteiger partial charge >= 0.3 is 5.97 Å². The van der Waals surface area contributed by atoms with Gasteiger partial charge in [0.15, 0.2) is 0 Å². The van der Waals surface area contributed by atoms with Crippen molar-refractivity contribution in [2.45, 2.75) is 257 Å². The van der Waals surface area contributed by atoms with Crippen LogP contribution in [0.2, 0.25) is 0 Å². The van der Waals surface area contributed by atoms with Crippen molar-refractivity contribution < 1.29 is 24.5 Å². The van der Waals surface area contributed by atoms with Crippen molar-refractivity contribution >= 4 is 11.9 Å². The van der Waals surface area contributed by atoms with Crippen molar-refractivity contribution in [3.8, 4) is 0 Å². The van der Waals surface area contributed by atoms with Gasteiger partial charge in [0, 0.05) is 6.42 Å². The van der Waals surface area contributed by atoms with Crippen LogP contribution >= 0.6 is 0 Å². The maximum atomic E-state index is 13.2. The van der Waals surface area contributed by atoms with Gasteiger partial charge in [-0.1, -0.05) is 209 Å². The van der Waals surface area contributed by atoms with Crippen molar-refractivity contribution in [1.82, 2.24) is 5.32 Å². The zero-order valence-corrected chi connectivity index (χ0v) is 40.0. The summed E-state index contributed by atoms with van der Waals surface area (Å²) < 4.78 is 5.90. The summed E-state index contributed by atoms with van der Waals surface area (Å²) in [5.74, 6) is -0.551. The molecule has 352 valence electrons. The van der Waals surface area contributed by atoms with E-state index in [9.17, 15) is 19.8 Å². The zero-order chi connectivity index (χ0) is 44.5. The fourth-order valence-corrected chi connectivity index (χ4v) is 7.40. The molecule has 3 N–H and O–H groups in total. The van der Waals surface area contributed by atoms with E-state index in [1.165, 1.54) is 96.3 Å². The van der Waals surface area contributed by atoms with Gasteiger partial charge in [0.1, 0.15) is 6.10 Å². The zero-order valence-electron chi connectivity index (χ0n) is 40.0. The summed E-state index contributed by atoms with van der Waals surface area (Å²) in [7, 11) is 0. The number of rotatable bonds is 45. The fourth-order valence-electron chi connectivity index (χ4n) is 7.40. The molecule has 6 nitrogen and oxygen atoms in total. The van der Waals surface area contributed by atoms with Gasteiger partial charge in [0.25, 0.3) is 0 Å². The Bertz CT molecular complexity index is 1140. The maximum absolute atomic E-state index is 13.2. The molecule has 1 amide bonds. The van der Waals surface area contributed by atoms with Crippen molar-refractivity contribution in [3.63, 3.8) is 0 Å². The highest BCUT2D eigenvalue weighted by molar-refractivity contribution is 5.77. The third kappa shape index (κ3) is 43.7.